The molecule has 2 aliphatic rings. The molecule has 4 nitrogen and oxygen atoms in total. The Bertz CT molecular complexity index is 250. The van der Waals surface area contributed by atoms with Crippen LogP contribution in [0.15, 0.2) is 0 Å². The van der Waals surface area contributed by atoms with Gasteiger partial charge in [-0.25, -0.2) is 5.06 Å². The zero-order valence-electron chi connectivity index (χ0n) is 9.60. The summed E-state index contributed by atoms with van der Waals surface area (Å²) in [5.74, 6) is 0.326. The normalized spacial score (nSPS) is 41.1. The molecule has 0 aliphatic carbocycles. The van der Waals surface area contributed by atoms with Crippen LogP contribution in [-0.2, 0) is 14.4 Å². The van der Waals surface area contributed by atoms with Crippen LogP contribution in [0, 0.1) is 11.8 Å². The van der Waals surface area contributed by atoms with Crippen molar-refractivity contribution in [2.75, 3.05) is 13.2 Å². The van der Waals surface area contributed by atoms with E-state index in [0.29, 0.717) is 6.61 Å². The van der Waals surface area contributed by atoms with E-state index in [1.54, 1.807) is 0 Å². The minimum absolute atomic E-state index is 0.00620. The van der Waals surface area contributed by atoms with Crippen molar-refractivity contribution in [1.82, 2.24) is 5.06 Å². The Balaban J connectivity index is 2.05. The summed E-state index contributed by atoms with van der Waals surface area (Å²) in [5, 5.41) is 1.51. The summed E-state index contributed by atoms with van der Waals surface area (Å²) < 4.78 is 5.66. The first-order valence-electron chi connectivity index (χ1n) is 5.71. The topological polar surface area (TPSA) is 38.8 Å². The Morgan fingerprint density at radius 3 is 2.47 bits per heavy atom. The van der Waals surface area contributed by atoms with Crippen molar-refractivity contribution in [3.63, 3.8) is 0 Å². The molecule has 15 heavy (non-hydrogen) atoms. The molecule has 0 aromatic rings. The molecule has 0 N–H and O–H groups in total. The van der Waals surface area contributed by atoms with Crippen molar-refractivity contribution < 1.29 is 14.4 Å². The summed E-state index contributed by atoms with van der Waals surface area (Å²) in [6, 6.07) is 0. The number of hydrogen-bond acceptors (Lipinski definition) is 3. The van der Waals surface area contributed by atoms with Crippen LogP contribution >= 0.6 is 0 Å². The monoisotopic (exact) mass is 213 g/mol. The average molecular weight is 213 g/mol. The maximum atomic E-state index is 12.1. The van der Waals surface area contributed by atoms with E-state index in [0.717, 1.165) is 13.0 Å². The van der Waals surface area contributed by atoms with E-state index in [1.807, 2.05) is 13.8 Å². The SMILES string of the molecule is CC1OC(C)C(C(=O)N2CCCO2)C1C. The molecule has 0 saturated carbocycles. The lowest BCUT2D eigenvalue weighted by Crippen LogP contribution is -2.38. The molecular weight excluding hydrogens is 194 g/mol. The molecular formula is C11H19NO3. The lowest BCUT2D eigenvalue weighted by molar-refractivity contribution is -0.175. The average Bonchev–Trinajstić information content (AvgIpc) is 2.76. The van der Waals surface area contributed by atoms with Gasteiger partial charge >= 0.3 is 0 Å². The molecule has 86 valence electrons. The van der Waals surface area contributed by atoms with E-state index in [-0.39, 0.29) is 30.0 Å². The third kappa shape index (κ3) is 1.88. The van der Waals surface area contributed by atoms with Gasteiger partial charge in [-0.3, -0.25) is 9.63 Å². The van der Waals surface area contributed by atoms with E-state index in [2.05, 4.69) is 6.92 Å². The highest BCUT2D eigenvalue weighted by Gasteiger charge is 2.44. The maximum Gasteiger partial charge on any atom is 0.252 e. The molecule has 4 heteroatoms. The first-order chi connectivity index (χ1) is 7.11. The first-order valence-corrected chi connectivity index (χ1v) is 5.71. The highest BCUT2D eigenvalue weighted by Crippen LogP contribution is 2.33. The van der Waals surface area contributed by atoms with E-state index < -0.39 is 0 Å². The standard InChI is InChI=1S/C11H19NO3/c1-7-8(2)15-9(3)10(7)11(13)12-5-4-6-14-12/h7-10H,4-6H2,1-3H3. The summed E-state index contributed by atoms with van der Waals surface area (Å²) in [5.41, 5.74) is 0. The Morgan fingerprint density at radius 1 is 1.27 bits per heavy atom. The van der Waals surface area contributed by atoms with E-state index in [9.17, 15) is 4.79 Å². The fourth-order valence-electron chi connectivity index (χ4n) is 2.48. The largest absolute Gasteiger partial charge is 0.374 e. The maximum absolute atomic E-state index is 12.1. The second-order valence-electron chi connectivity index (χ2n) is 4.56. The molecule has 1 amide bonds. The van der Waals surface area contributed by atoms with Crippen LogP contribution in [0.1, 0.15) is 27.2 Å². The number of nitrogens with zero attached hydrogens (tertiary/aromatic N) is 1. The number of ether oxygens (including phenoxy) is 1. The Kier molecular flexibility index (Phi) is 2.98. The van der Waals surface area contributed by atoms with Gasteiger partial charge in [0, 0.05) is 0 Å². The summed E-state index contributed by atoms with van der Waals surface area (Å²) in [4.78, 5) is 17.4. The number of hydroxylamine groups is 2. The van der Waals surface area contributed by atoms with Crippen LogP contribution < -0.4 is 0 Å². The molecule has 2 saturated heterocycles. The van der Waals surface area contributed by atoms with Crippen molar-refractivity contribution >= 4 is 5.91 Å². The molecule has 4 atom stereocenters. The highest BCUT2D eigenvalue weighted by atomic mass is 16.7. The van der Waals surface area contributed by atoms with Gasteiger partial charge in [-0.05, 0) is 26.2 Å². The molecule has 2 rings (SSSR count). The predicted molar refractivity (Wildman–Crippen MR) is 54.9 cm³/mol. The van der Waals surface area contributed by atoms with Crippen molar-refractivity contribution in [2.24, 2.45) is 11.8 Å². The number of carbonyl (C=O) groups is 1. The number of carbonyl (C=O) groups excluding carboxylic acids is 1. The van der Waals surface area contributed by atoms with Gasteiger partial charge in [-0.2, -0.15) is 0 Å². The van der Waals surface area contributed by atoms with Gasteiger partial charge in [0.2, 0.25) is 0 Å². The molecule has 2 aliphatic heterocycles. The summed E-state index contributed by atoms with van der Waals surface area (Å²) in [6.45, 7) is 7.46. The predicted octanol–water partition coefficient (Wildman–Crippen LogP) is 1.21. The van der Waals surface area contributed by atoms with Gasteiger partial charge in [0.25, 0.3) is 5.91 Å². The molecule has 0 aromatic heterocycles. The third-order valence-electron chi connectivity index (χ3n) is 3.53. The van der Waals surface area contributed by atoms with Crippen LogP contribution in [0.2, 0.25) is 0 Å². The molecule has 2 fully saturated rings. The fourth-order valence-corrected chi connectivity index (χ4v) is 2.48. The van der Waals surface area contributed by atoms with Gasteiger partial charge in [0.15, 0.2) is 0 Å². The van der Waals surface area contributed by atoms with Crippen molar-refractivity contribution in [2.45, 2.75) is 39.4 Å². The van der Waals surface area contributed by atoms with Gasteiger partial charge in [-0.1, -0.05) is 6.92 Å². The Morgan fingerprint density at radius 2 is 2.00 bits per heavy atom. The van der Waals surface area contributed by atoms with Crippen molar-refractivity contribution in [3.05, 3.63) is 0 Å². The second kappa shape index (κ2) is 4.10. The molecule has 0 radical (unpaired) electrons. The fraction of sp³-hybridized carbons (Fsp3) is 0.909. The van der Waals surface area contributed by atoms with Gasteiger partial charge < -0.3 is 4.74 Å². The minimum atomic E-state index is -0.0434. The lowest BCUT2D eigenvalue weighted by Gasteiger charge is -2.22. The van der Waals surface area contributed by atoms with Gasteiger partial charge in [0.05, 0.1) is 31.3 Å². The van der Waals surface area contributed by atoms with Crippen molar-refractivity contribution in [1.29, 1.82) is 0 Å². The molecule has 0 spiro atoms. The minimum Gasteiger partial charge on any atom is -0.374 e. The number of hydrogen-bond donors (Lipinski definition) is 0. The van der Waals surface area contributed by atoms with Gasteiger partial charge in [0.1, 0.15) is 0 Å². The summed E-state index contributed by atoms with van der Waals surface area (Å²) >= 11 is 0. The van der Waals surface area contributed by atoms with Crippen LogP contribution in [-0.4, -0.2) is 36.3 Å². The first kappa shape index (κ1) is 10.9. The third-order valence-corrected chi connectivity index (χ3v) is 3.53. The second-order valence-corrected chi connectivity index (χ2v) is 4.56. The van der Waals surface area contributed by atoms with Crippen molar-refractivity contribution in [3.8, 4) is 0 Å². The summed E-state index contributed by atoms with van der Waals surface area (Å²) in [6.07, 6.45) is 1.11. The van der Waals surface area contributed by atoms with Crippen LogP contribution in [0.4, 0.5) is 0 Å². The molecule has 4 unspecified atom stereocenters. The Hall–Kier alpha value is -0.610. The van der Waals surface area contributed by atoms with E-state index >= 15 is 0 Å². The van der Waals surface area contributed by atoms with Crippen LogP contribution in [0.25, 0.3) is 0 Å². The van der Waals surface area contributed by atoms with E-state index in [4.69, 9.17) is 9.57 Å². The zero-order valence-corrected chi connectivity index (χ0v) is 9.60. The summed E-state index contributed by atoms with van der Waals surface area (Å²) in [7, 11) is 0. The highest BCUT2D eigenvalue weighted by molar-refractivity contribution is 5.79. The van der Waals surface area contributed by atoms with Crippen LogP contribution in [0.3, 0.4) is 0 Å². The zero-order chi connectivity index (χ0) is 11.0. The Labute approximate surface area is 90.5 Å². The lowest BCUT2D eigenvalue weighted by atomic mass is 9.89. The van der Waals surface area contributed by atoms with Gasteiger partial charge in [-0.15, -0.1) is 0 Å². The van der Waals surface area contributed by atoms with E-state index in [1.165, 1.54) is 5.06 Å². The molecule has 0 aromatic carbocycles. The van der Waals surface area contributed by atoms with Crippen LogP contribution in [0.5, 0.6) is 0 Å². The number of rotatable bonds is 1. The number of amides is 1. The smallest absolute Gasteiger partial charge is 0.252 e. The quantitative estimate of drug-likeness (QED) is 0.657. The molecule has 2 heterocycles. The molecule has 0 bridgehead atoms.